The number of esters is 1. The fraction of sp³-hybridized carbons (Fsp3) is 0.214. The van der Waals surface area contributed by atoms with Crippen molar-refractivity contribution in [3.8, 4) is 5.75 Å². The van der Waals surface area contributed by atoms with Crippen LogP contribution in [0.1, 0.15) is 20.8 Å². The van der Waals surface area contributed by atoms with E-state index in [9.17, 15) is 4.79 Å². The molecule has 21 heavy (non-hydrogen) atoms. The third kappa shape index (κ3) is 3.40. The van der Waals surface area contributed by atoms with Crippen LogP contribution in [0, 0.1) is 0 Å². The minimum Gasteiger partial charge on any atom is -0.467 e. The van der Waals surface area contributed by atoms with Crippen molar-refractivity contribution in [1.29, 1.82) is 0 Å². The van der Waals surface area contributed by atoms with E-state index in [-0.39, 0.29) is 19.4 Å². The number of hydrogen-bond donors (Lipinski definition) is 0. The molecule has 7 heteroatoms. The quantitative estimate of drug-likeness (QED) is 0.731. The lowest BCUT2D eigenvalue weighted by molar-refractivity contribution is -0.0180. The predicted molar refractivity (Wildman–Crippen MR) is 82.9 cm³/mol. The lowest BCUT2D eigenvalue weighted by atomic mass is 10.1. The second kappa shape index (κ2) is 6.36. The molecule has 0 atom stereocenters. The number of carbonyl (C=O) groups is 1. The molecule has 0 fully saturated rings. The summed E-state index contributed by atoms with van der Waals surface area (Å²) in [5.41, 5.74) is 1.60. The van der Waals surface area contributed by atoms with Crippen molar-refractivity contribution < 1.29 is 19.0 Å². The lowest BCUT2D eigenvalue weighted by Crippen LogP contribution is -2.14. The Morgan fingerprint density at radius 1 is 1.43 bits per heavy atom. The van der Waals surface area contributed by atoms with Crippen molar-refractivity contribution in [2.24, 2.45) is 0 Å². The molecule has 1 aromatic carbocycles. The second-order valence-corrected chi connectivity index (χ2v) is 7.24. The summed E-state index contributed by atoms with van der Waals surface area (Å²) in [4.78, 5) is 12.5. The van der Waals surface area contributed by atoms with Crippen LogP contribution in [0.5, 0.6) is 5.75 Å². The van der Waals surface area contributed by atoms with Gasteiger partial charge in [-0.2, -0.15) is 0 Å². The van der Waals surface area contributed by atoms with Crippen molar-refractivity contribution in [1.82, 2.24) is 0 Å². The van der Waals surface area contributed by atoms with Gasteiger partial charge < -0.3 is 14.2 Å². The average molecular weight is 390 g/mol. The summed E-state index contributed by atoms with van der Waals surface area (Å²) < 4.78 is 16.9. The molecule has 0 aliphatic carbocycles. The summed E-state index contributed by atoms with van der Waals surface area (Å²) in [5, 5.41) is 0.563. The molecule has 4 nitrogen and oxygen atoms in total. The summed E-state index contributed by atoms with van der Waals surface area (Å²) in [6.45, 7) is 0.736. The fourth-order valence-corrected chi connectivity index (χ4v) is 3.55. The molecule has 0 bridgehead atoms. The Balaban J connectivity index is 1.76. The maximum Gasteiger partial charge on any atom is 0.348 e. The summed E-state index contributed by atoms with van der Waals surface area (Å²) >= 11 is 10.7. The Labute approximate surface area is 138 Å². The third-order valence-electron chi connectivity index (χ3n) is 2.88. The molecule has 1 aliphatic rings. The van der Waals surface area contributed by atoms with Gasteiger partial charge in [0.25, 0.3) is 0 Å². The first kappa shape index (κ1) is 14.8. The van der Waals surface area contributed by atoms with E-state index in [1.165, 1.54) is 11.3 Å². The molecule has 0 N–H and O–H groups in total. The van der Waals surface area contributed by atoms with E-state index >= 15 is 0 Å². The van der Waals surface area contributed by atoms with Crippen molar-refractivity contribution in [3.63, 3.8) is 0 Å². The summed E-state index contributed by atoms with van der Waals surface area (Å²) in [6.07, 6.45) is 0. The zero-order valence-electron chi connectivity index (χ0n) is 10.7. The van der Waals surface area contributed by atoms with Gasteiger partial charge >= 0.3 is 5.97 Å². The number of carbonyl (C=O) groups excluding carboxylic acids is 1. The number of halogens is 2. The Morgan fingerprint density at radius 3 is 3.05 bits per heavy atom. The molecule has 0 radical (unpaired) electrons. The Morgan fingerprint density at radius 2 is 2.29 bits per heavy atom. The van der Waals surface area contributed by atoms with Crippen LogP contribution in [0.15, 0.2) is 28.1 Å². The van der Waals surface area contributed by atoms with Crippen molar-refractivity contribution in [2.45, 2.75) is 13.2 Å². The number of ether oxygens (including phenoxy) is 3. The van der Waals surface area contributed by atoms with Gasteiger partial charge in [0, 0.05) is 16.1 Å². The zero-order chi connectivity index (χ0) is 14.8. The Hall–Kier alpha value is -1.08. The minimum atomic E-state index is -0.369. The van der Waals surface area contributed by atoms with Gasteiger partial charge in [-0.25, -0.2) is 4.79 Å². The van der Waals surface area contributed by atoms with Crippen LogP contribution in [0.3, 0.4) is 0 Å². The zero-order valence-corrected chi connectivity index (χ0v) is 13.9. The van der Waals surface area contributed by atoms with E-state index in [2.05, 4.69) is 15.9 Å². The van der Waals surface area contributed by atoms with Gasteiger partial charge in [-0.1, -0.05) is 11.6 Å². The molecule has 1 aromatic heterocycles. The standard InChI is InChI=1S/C14H10BrClO4S/c15-12-2-1-11(21-12)14(17)19-6-9-4-10(16)3-8-5-18-7-20-13(8)9/h1-4H,5-7H2. The number of rotatable bonds is 3. The van der Waals surface area contributed by atoms with Crippen LogP contribution in [-0.4, -0.2) is 12.8 Å². The van der Waals surface area contributed by atoms with Crippen LogP contribution in [0.25, 0.3) is 0 Å². The highest BCUT2D eigenvalue weighted by molar-refractivity contribution is 9.11. The maximum absolute atomic E-state index is 12.0. The van der Waals surface area contributed by atoms with Gasteiger partial charge in [0.05, 0.1) is 10.4 Å². The predicted octanol–water partition coefficient (Wildman–Crippen LogP) is 4.39. The van der Waals surface area contributed by atoms with Crippen LogP contribution in [-0.2, 0) is 22.7 Å². The highest BCUT2D eigenvalue weighted by Crippen LogP contribution is 2.32. The monoisotopic (exact) mass is 388 g/mol. The topological polar surface area (TPSA) is 44.8 Å². The highest BCUT2D eigenvalue weighted by atomic mass is 79.9. The van der Waals surface area contributed by atoms with Gasteiger partial charge in [0.15, 0.2) is 6.79 Å². The largest absolute Gasteiger partial charge is 0.467 e. The van der Waals surface area contributed by atoms with E-state index in [4.69, 9.17) is 25.8 Å². The van der Waals surface area contributed by atoms with E-state index < -0.39 is 0 Å². The first-order valence-corrected chi connectivity index (χ1v) is 8.06. The van der Waals surface area contributed by atoms with E-state index in [0.29, 0.717) is 22.3 Å². The van der Waals surface area contributed by atoms with Gasteiger partial charge in [0.2, 0.25) is 0 Å². The van der Waals surface area contributed by atoms with Gasteiger partial charge in [-0.15, -0.1) is 11.3 Å². The van der Waals surface area contributed by atoms with Crippen LogP contribution in [0.2, 0.25) is 5.02 Å². The Bertz CT molecular complexity index is 686. The average Bonchev–Trinajstić information content (AvgIpc) is 2.91. The fourth-order valence-electron chi connectivity index (χ4n) is 2.00. The molecule has 2 aromatic rings. The molecule has 0 spiro atoms. The van der Waals surface area contributed by atoms with E-state index in [1.807, 2.05) is 6.07 Å². The Kier molecular flexibility index (Phi) is 4.49. The first-order chi connectivity index (χ1) is 10.1. The molecular formula is C14H10BrClO4S. The van der Waals surface area contributed by atoms with Crippen LogP contribution in [0.4, 0.5) is 0 Å². The summed E-state index contributed by atoms with van der Waals surface area (Å²) in [6, 6.07) is 7.05. The molecule has 0 amide bonds. The summed E-state index contributed by atoms with van der Waals surface area (Å²) in [7, 11) is 0. The van der Waals surface area contributed by atoms with Gasteiger partial charge in [-0.05, 0) is 40.2 Å². The van der Waals surface area contributed by atoms with Gasteiger partial charge in [-0.3, -0.25) is 0 Å². The number of thiophene rings is 1. The molecule has 2 heterocycles. The van der Waals surface area contributed by atoms with Crippen molar-refractivity contribution in [3.05, 3.63) is 49.1 Å². The van der Waals surface area contributed by atoms with Crippen molar-refractivity contribution in [2.75, 3.05) is 6.79 Å². The highest BCUT2D eigenvalue weighted by Gasteiger charge is 2.18. The number of fused-ring (bicyclic) bond motifs is 1. The number of hydrogen-bond acceptors (Lipinski definition) is 5. The maximum atomic E-state index is 12.0. The number of benzene rings is 1. The smallest absolute Gasteiger partial charge is 0.348 e. The molecule has 0 saturated carbocycles. The second-order valence-electron chi connectivity index (χ2n) is 4.34. The third-order valence-corrected chi connectivity index (χ3v) is 4.71. The first-order valence-electron chi connectivity index (χ1n) is 6.08. The molecular weight excluding hydrogens is 380 g/mol. The van der Waals surface area contributed by atoms with E-state index in [0.717, 1.165) is 14.9 Å². The van der Waals surface area contributed by atoms with Crippen LogP contribution >= 0.6 is 38.9 Å². The molecule has 3 rings (SSSR count). The molecule has 0 unspecified atom stereocenters. The molecule has 1 aliphatic heterocycles. The van der Waals surface area contributed by atoms with Gasteiger partial charge in [0.1, 0.15) is 17.2 Å². The SMILES string of the molecule is O=C(OCc1cc(Cl)cc2c1OCOC2)c1ccc(Br)s1. The molecule has 0 saturated heterocycles. The minimum absolute atomic E-state index is 0.108. The normalized spacial score (nSPS) is 13.4. The van der Waals surface area contributed by atoms with Crippen LogP contribution < -0.4 is 4.74 Å². The molecule has 110 valence electrons. The van der Waals surface area contributed by atoms with E-state index in [1.54, 1.807) is 18.2 Å². The van der Waals surface area contributed by atoms with Crippen molar-refractivity contribution >= 4 is 44.8 Å². The lowest BCUT2D eigenvalue weighted by Gasteiger charge is -2.21. The summed E-state index contributed by atoms with van der Waals surface area (Å²) in [5.74, 6) is 0.317.